The van der Waals surface area contributed by atoms with Crippen molar-refractivity contribution >= 4 is 11.6 Å². The Balaban J connectivity index is 1.52. The number of hydrogen-bond acceptors (Lipinski definition) is 4. The minimum atomic E-state index is -0.222. The number of piperazine rings is 1. The van der Waals surface area contributed by atoms with E-state index >= 15 is 0 Å². The summed E-state index contributed by atoms with van der Waals surface area (Å²) in [6.07, 6.45) is 0. The third-order valence-electron chi connectivity index (χ3n) is 5.39. The molecule has 0 spiro atoms. The van der Waals surface area contributed by atoms with E-state index in [4.69, 9.17) is 4.74 Å². The molecule has 0 saturated carbocycles. The molecule has 1 heterocycles. The molecule has 5 nitrogen and oxygen atoms in total. The third kappa shape index (κ3) is 5.70. The molecule has 1 aliphatic heterocycles. The third-order valence-corrected chi connectivity index (χ3v) is 5.39. The molecule has 1 atom stereocenters. The Morgan fingerprint density at radius 2 is 1.66 bits per heavy atom. The molecular weight excluding hydrogens is 369 g/mol. The summed E-state index contributed by atoms with van der Waals surface area (Å²) in [6.45, 7) is 7.86. The average molecular weight is 400 g/mol. The van der Waals surface area contributed by atoms with Crippen molar-refractivity contribution in [2.45, 2.75) is 19.9 Å². The fraction of sp³-hybridized carbons (Fsp3) is 0.435. The Bertz CT molecular complexity index is 785. The molecule has 1 amide bonds. The van der Waals surface area contributed by atoms with Crippen molar-refractivity contribution < 1.29 is 13.9 Å². The molecule has 0 aliphatic carbocycles. The fourth-order valence-corrected chi connectivity index (χ4v) is 3.68. The molecule has 1 saturated heterocycles. The molecule has 1 unspecified atom stereocenters. The summed E-state index contributed by atoms with van der Waals surface area (Å²) in [6, 6.07) is 14.4. The lowest BCUT2D eigenvalue weighted by Crippen LogP contribution is -2.50. The highest BCUT2D eigenvalue weighted by Gasteiger charge is 2.22. The van der Waals surface area contributed by atoms with Crippen LogP contribution in [0.4, 0.5) is 10.1 Å². The van der Waals surface area contributed by atoms with Crippen LogP contribution in [0.25, 0.3) is 0 Å². The summed E-state index contributed by atoms with van der Waals surface area (Å²) in [5.41, 5.74) is 2.10. The van der Waals surface area contributed by atoms with E-state index < -0.39 is 0 Å². The van der Waals surface area contributed by atoms with Crippen molar-refractivity contribution in [3.05, 3.63) is 59.9 Å². The summed E-state index contributed by atoms with van der Waals surface area (Å²) < 4.78 is 18.3. The van der Waals surface area contributed by atoms with Gasteiger partial charge in [0, 0.05) is 31.9 Å². The summed E-state index contributed by atoms with van der Waals surface area (Å²) in [4.78, 5) is 17.1. The van der Waals surface area contributed by atoms with Crippen LogP contribution in [0, 0.1) is 11.7 Å². The van der Waals surface area contributed by atoms with E-state index in [0.717, 1.165) is 43.2 Å². The topological polar surface area (TPSA) is 44.8 Å². The maximum absolute atomic E-state index is 13.1. The zero-order chi connectivity index (χ0) is 20.8. The number of nitrogens with zero attached hydrogens (tertiary/aromatic N) is 2. The number of ether oxygens (including phenoxy) is 1. The zero-order valence-electron chi connectivity index (χ0n) is 17.4. The van der Waals surface area contributed by atoms with Gasteiger partial charge in [0.25, 0.3) is 0 Å². The van der Waals surface area contributed by atoms with E-state index in [0.29, 0.717) is 6.54 Å². The lowest BCUT2D eigenvalue weighted by atomic mass is 9.96. The molecule has 2 aromatic rings. The van der Waals surface area contributed by atoms with E-state index in [9.17, 15) is 9.18 Å². The van der Waals surface area contributed by atoms with Crippen molar-refractivity contribution in [1.29, 1.82) is 0 Å². The maximum Gasteiger partial charge on any atom is 0.234 e. The van der Waals surface area contributed by atoms with Gasteiger partial charge in [0.15, 0.2) is 0 Å². The first-order valence-corrected chi connectivity index (χ1v) is 10.1. The van der Waals surface area contributed by atoms with Crippen LogP contribution >= 0.6 is 0 Å². The van der Waals surface area contributed by atoms with Gasteiger partial charge in [0.2, 0.25) is 5.91 Å². The smallest absolute Gasteiger partial charge is 0.234 e. The van der Waals surface area contributed by atoms with Crippen molar-refractivity contribution in [3.8, 4) is 5.75 Å². The number of anilines is 1. The van der Waals surface area contributed by atoms with Crippen molar-refractivity contribution in [2.75, 3.05) is 44.7 Å². The number of methoxy groups -OCH3 is 1. The van der Waals surface area contributed by atoms with Crippen molar-refractivity contribution in [3.63, 3.8) is 0 Å². The number of rotatable bonds is 7. The van der Waals surface area contributed by atoms with Crippen LogP contribution in [0.5, 0.6) is 5.75 Å². The maximum atomic E-state index is 13.1. The van der Waals surface area contributed by atoms with E-state index in [2.05, 4.69) is 29.0 Å². The monoisotopic (exact) mass is 399 g/mol. The van der Waals surface area contributed by atoms with Crippen LogP contribution in [0.3, 0.4) is 0 Å². The number of carbonyl (C=O) groups is 1. The Kier molecular flexibility index (Phi) is 7.09. The number of hydrogen-bond donors (Lipinski definition) is 1. The summed E-state index contributed by atoms with van der Waals surface area (Å²) in [5, 5.41) is 3.19. The molecule has 0 bridgehead atoms. The highest BCUT2D eigenvalue weighted by atomic mass is 19.1. The van der Waals surface area contributed by atoms with Gasteiger partial charge in [-0.05, 0) is 47.9 Å². The Hall–Kier alpha value is -2.60. The van der Waals surface area contributed by atoms with E-state index in [1.807, 2.05) is 24.3 Å². The van der Waals surface area contributed by atoms with Crippen LogP contribution in [0.15, 0.2) is 48.5 Å². The molecule has 6 heteroatoms. The molecule has 156 valence electrons. The Morgan fingerprint density at radius 1 is 1.03 bits per heavy atom. The molecule has 29 heavy (non-hydrogen) atoms. The molecule has 0 aromatic heterocycles. The Morgan fingerprint density at radius 3 is 2.21 bits per heavy atom. The van der Waals surface area contributed by atoms with Crippen molar-refractivity contribution in [1.82, 2.24) is 10.2 Å². The first-order chi connectivity index (χ1) is 14.0. The number of nitrogens with one attached hydrogen (secondary N) is 1. The number of amides is 1. The summed E-state index contributed by atoms with van der Waals surface area (Å²) in [7, 11) is 1.65. The van der Waals surface area contributed by atoms with Crippen LogP contribution in [0.2, 0.25) is 0 Å². The quantitative estimate of drug-likeness (QED) is 0.774. The van der Waals surface area contributed by atoms with Gasteiger partial charge in [0.1, 0.15) is 11.6 Å². The first-order valence-electron chi connectivity index (χ1n) is 10.1. The first kappa shape index (κ1) is 21.1. The van der Waals surface area contributed by atoms with E-state index in [1.165, 1.54) is 12.1 Å². The highest BCUT2D eigenvalue weighted by Crippen LogP contribution is 2.24. The largest absolute Gasteiger partial charge is 0.497 e. The SMILES string of the molecule is COc1ccc(C(NC(=O)CN2CCN(c3ccc(F)cc3)CC2)C(C)C)cc1. The molecule has 3 rings (SSSR count). The van der Waals surface area contributed by atoms with Crippen LogP contribution in [-0.4, -0.2) is 50.6 Å². The lowest BCUT2D eigenvalue weighted by molar-refractivity contribution is -0.123. The van der Waals surface area contributed by atoms with E-state index in [-0.39, 0.29) is 23.7 Å². The molecule has 1 aliphatic rings. The minimum Gasteiger partial charge on any atom is -0.497 e. The van der Waals surface area contributed by atoms with Crippen LogP contribution in [-0.2, 0) is 4.79 Å². The van der Waals surface area contributed by atoms with Crippen molar-refractivity contribution in [2.24, 2.45) is 5.92 Å². The molecule has 2 aromatic carbocycles. The summed E-state index contributed by atoms with van der Waals surface area (Å²) >= 11 is 0. The zero-order valence-corrected chi connectivity index (χ0v) is 17.4. The second-order valence-electron chi connectivity index (χ2n) is 7.80. The van der Waals surface area contributed by atoms with Gasteiger partial charge in [-0.15, -0.1) is 0 Å². The predicted molar refractivity (Wildman–Crippen MR) is 114 cm³/mol. The number of halogens is 1. The molecule has 1 fully saturated rings. The Labute approximate surface area is 172 Å². The standard InChI is InChI=1S/C23H30FN3O2/c1-17(2)23(18-4-10-21(29-3)11-5-18)25-22(28)16-26-12-14-27(15-13-26)20-8-6-19(24)7-9-20/h4-11,17,23H,12-16H2,1-3H3,(H,25,28). The number of carbonyl (C=O) groups excluding carboxylic acids is 1. The van der Waals surface area contributed by atoms with Gasteiger partial charge in [-0.25, -0.2) is 4.39 Å². The second-order valence-corrected chi connectivity index (χ2v) is 7.80. The minimum absolute atomic E-state index is 0.0334. The summed E-state index contributed by atoms with van der Waals surface area (Å²) in [5.74, 6) is 0.902. The van der Waals surface area contributed by atoms with Crippen LogP contribution in [0.1, 0.15) is 25.5 Å². The highest BCUT2D eigenvalue weighted by molar-refractivity contribution is 5.78. The fourth-order valence-electron chi connectivity index (χ4n) is 3.68. The molecule has 1 N–H and O–H groups in total. The average Bonchev–Trinajstić information content (AvgIpc) is 2.73. The van der Waals surface area contributed by atoms with Crippen LogP contribution < -0.4 is 15.0 Å². The van der Waals surface area contributed by atoms with Gasteiger partial charge >= 0.3 is 0 Å². The number of benzene rings is 2. The van der Waals surface area contributed by atoms with E-state index in [1.54, 1.807) is 19.2 Å². The van der Waals surface area contributed by atoms with Gasteiger partial charge in [-0.3, -0.25) is 9.69 Å². The predicted octanol–water partition coefficient (Wildman–Crippen LogP) is 3.47. The van der Waals surface area contributed by atoms with Gasteiger partial charge in [-0.2, -0.15) is 0 Å². The molecule has 0 radical (unpaired) electrons. The van der Waals surface area contributed by atoms with Gasteiger partial charge in [-0.1, -0.05) is 26.0 Å². The van der Waals surface area contributed by atoms with Gasteiger partial charge < -0.3 is 15.0 Å². The molecular formula is C23H30FN3O2. The lowest BCUT2D eigenvalue weighted by Gasteiger charge is -2.36. The normalized spacial score (nSPS) is 16.0. The second kappa shape index (κ2) is 9.74. The van der Waals surface area contributed by atoms with Gasteiger partial charge in [0.05, 0.1) is 19.7 Å².